The number of hydrogen-bond acceptors (Lipinski definition) is 6. The van der Waals surface area contributed by atoms with Gasteiger partial charge in [-0.05, 0) is 31.7 Å². The Hall–Kier alpha value is -2.87. The van der Waals surface area contributed by atoms with E-state index in [9.17, 15) is 14.7 Å². The molecular weight excluding hydrogens is 396 g/mol. The lowest BCUT2D eigenvalue weighted by Crippen LogP contribution is -2.45. The molecule has 1 aromatic carbocycles. The van der Waals surface area contributed by atoms with E-state index in [2.05, 4.69) is 9.88 Å². The smallest absolute Gasteiger partial charge is 0.255 e. The molecule has 1 spiro atoms. The number of para-hydroxylation sites is 1. The number of nitrogens with zero attached hydrogens (tertiary/aromatic N) is 3. The fourth-order valence-corrected chi connectivity index (χ4v) is 5.17. The van der Waals surface area contributed by atoms with Crippen LogP contribution >= 0.6 is 0 Å². The van der Waals surface area contributed by atoms with Gasteiger partial charge in [0.25, 0.3) is 5.56 Å². The van der Waals surface area contributed by atoms with Crippen molar-refractivity contribution in [3.05, 3.63) is 51.4 Å². The van der Waals surface area contributed by atoms with Gasteiger partial charge in [-0.2, -0.15) is 0 Å². The number of likely N-dealkylation sites (tertiary alicyclic amines) is 1. The third-order valence-electron chi connectivity index (χ3n) is 7.08. The number of anilines is 1. The molecule has 164 valence electrons. The molecule has 0 bridgehead atoms. The highest BCUT2D eigenvalue weighted by Gasteiger charge is 2.44. The highest BCUT2D eigenvalue weighted by molar-refractivity contribution is 5.79. The number of rotatable bonds is 3. The molecule has 8 nitrogen and oxygen atoms in total. The van der Waals surface area contributed by atoms with Gasteiger partial charge in [0, 0.05) is 42.7 Å². The van der Waals surface area contributed by atoms with E-state index in [4.69, 9.17) is 9.72 Å². The highest BCUT2D eigenvalue weighted by atomic mass is 16.5. The van der Waals surface area contributed by atoms with Crippen LogP contribution in [0.15, 0.2) is 29.1 Å². The summed E-state index contributed by atoms with van der Waals surface area (Å²) in [6.07, 6.45) is 3.48. The zero-order valence-corrected chi connectivity index (χ0v) is 17.6. The molecule has 3 aliphatic rings. The number of nitrogens with one attached hydrogen (secondary N) is 1. The van der Waals surface area contributed by atoms with Gasteiger partial charge in [0.1, 0.15) is 5.75 Å². The maximum absolute atomic E-state index is 12.8. The molecule has 2 saturated heterocycles. The Morgan fingerprint density at radius 2 is 1.87 bits per heavy atom. The summed E-state index contributed by atoms with van der Waals surface area (Å²) in [4.78, 5) is 37.5. The predicted molar refractivity (Wildman–Crippen MR) is 116 cm³/mol. The van der Waals surface area contributed by atoms with Crippen LogP contribution in [0.4, 0.5) is 5.95 Å². The van der Waals surface area contributed by atoms with Crippen molar-refractivity contribution in [2.45, 2.75) is 37.5 Å². The van der Waals surface area contributed by atoms with E-state index in [1.807, 2.05) is 11.0 Å². The number of H-pyrrole nitrogens is 1. The number of carbonyl (C=O) groups excluding carboxylic acids is 1. The lowest BCUT2D eigenvalue weighted by molar-refractivity contribution is -0.132. The van der Waals surface area contributed by atoms with E-state index in [0.717, 1.165) is 50.0 Å². The first-order valence-electron chi connectivity index (χ1n) is 11.1. The molecule has 3 heterocycles. The van der Waals surface area contributed by atoms with Crippen LogP contribution in [0, 0.1) is 0 Å². The minimum absolute atomic E-state index is 0.0265. The van der Waals surface area contributed by atoms with Crippen molar-refractivity contribution < 1.29 is 14.6 Å². The van der Waals surface area contributed by atoms with E-state index in [-0.39, 0.29) is 29.1 Å². The molecular formula is C23H28N4O4. The van der Waals surface area contributed by atoms with Gasteiger partial charge in [0.2, 0.25) is 11.9 Å². The lowest BCUT2D eigenvalue weighted by Gasteiger charge is -2.39. The molecule has 0 radical (unpaired) electrons. The summed E-state index contributed by atoms with van der Waals surface area (Å²) in [7, 11) is 0. The van der Waals surface area contributed by atoms with Crippen molar-refractivity contribution in [3.8, 4) is 5.75 Å². The minimum Gasteiger partial charge on any atom is -0.508 e. The molecule has 2 N–H and O–H groups in total. The van der Waals surface area contributed by atoms with Crippen molar-refractivity contribution in [2.75, 3.05) is 44.3 Å². The molecule has 2 aliphatic heterocycles. The van der Waals surface area contributed by atoms with Crippen molar-refractivity contribution in [2.24, 2.45) is 0 Å². The summed E-state index contributed by atoms with van der Waals surface area (Å²) in [6, 6.07) is 6.98. The number of piperidine rings is 1. The normalized spacial score (nSPS) is 20.1. The van der Waals surface area contributed by atoms with Gasteiger partial charge in [-0.1, -0.05) is 18.2 Å². The molecule has 5 rings (SSSR count). The van der Waals surface area contributed by atoms with Gasteiger partial charge in [0.05, 0.1) is 25.3 Å². The standard InChI is InChI=1S/C23H28N4O4/c28-18-4-2-1-3-16(18)15-19(29)26-9-7-23(8-10-26)6-5-17-20(23)24-22(25-21(17)30)27-11-13-31-14-12-27/h1-4,28H,5-15H2,(H,24,25,30). The quantitative estimate of drug-likeness (QED) is 0.772. The van der Waals surface area contributed by atoms with Gasteiger partial charge >= 0.3 is 0 Å². The summed E-state index contributed by atoms with van der Waals surface area (Å²) in [5, 5.41) is 9.97. The van der Waals surface area contributed by atoms with E-state index in [1.54, 1.807) is 18.2 Å². The number of phenols is 1. The van der Waals surface area contributed by atoms with E-state index in [0.29, 0.717) is 37.8 Å². The molecule has 0 saturated carbocycles. The summed E-state index contributed by atoms with van der Waals surface area (Å²) in [5.41, 5.74) is 2.25. The van der Waals surface area contributed by atoms with Gasteiger partial charge < -0.3 is 19.6 Å². The number of carbonyl (C=O) groups is 1. The summed E-state index contributed by atoms with van der Waals surface area (Å²) < 4.78 is 5.42. The van der Waals surface area contributed by atoms with Crippen LogP contribution in [0.5, 0.6) is 5.75 Å². The van der Waals surface area contributed by atoms with Crippen LogP contribution in [0.3, 0.4) is 0 Å². The van der Waals surface area contributed by atoms with E-state index < -0.39 is 0 Å². The van der Waals surface area contributed by atoms with Crippen LogP contribution in [-0.2, 0) is 27.8 Å². The fourth-order valence-electron chi connectivity index (χ4n) is 5.17. The number of ether oxygens (including phenoxy) is 1. The average Bonchev–Trinajstić information content (AvgIpc) is 3.15. The monoisotopic (exact) mass is 424 g/mol. The molecule has 1 aliphatic carbocycles. The van der Waals surface area contributed by atoms with Gasteiger partial charge in [-0.15, -0.1) is 0 Å². The van der Waals surface area contributed by atoms with Crippen molar-refractivity contribution >= 4 is 11.9 Å². The number of aromatic hydroxyl groups is 1. The average molecular weight is 425 g/mol. The van der Waals surface area contributed by atoms with Crippen LogP contribution in [0.25, 0.3) is 0 Å². The third kappa shape index (κ3) is 3.69. The third-order valence-corrected chi connectivity index (χ3v) is 7.08. The Morgan fingerprint density at radius 1 is 1.13 bits per heavy atom. The molecule has 1 aromatic heterocycles. The molecule has 2 fully saturated rings. The fraction of sp³-hybridized carbons (Fsp3) is 0.522. The Labute approximate surface area is 180 Å². The summed E-state index contributed by atoms with van der Waals surface area (Å²) in [5.74, 6) is 0.835. The molecule has 0 unspecified atom stereocenters. The molecule has 8 heteroatoms. The van der Waals surface area contributed by atoms with Gasteiger partial charge in [0.15, 0.2) is 0 Å². The number of aromatic nitrogens is 2. The first kappa shape index (κ1) is 20.1. The molecule has 1 amide bonds. The van der Waals surface area contributed by atoms with Crippen LogP contribution in [0.1, 0.15) is 36.1 Å². The SMILES string of the molecule is O=C(Cc1ccccc1O)N1CCC2(CCc3c2nc(N2CCOCC2)[nH]c3=O)CC1. The van der Waals surface area contributed by atoms with Gasteiger partial charge in [-0.25, -0.2) is 4.98 Å². The van der Waals surface area contributed by atoms with Crippen molar-refractivity contribution in [3.63, 3.8) is 0 Å². The Balaban J connectivity index is 1.32. The van der Waals surface area contributed by atoms with Crippen molar-refractivity contribution in [1.29, 1.82) is 0 Å². The number of hydrogen-bond donors (Lipinski definition) is 2. The zero-order chi connectivity index (χ0) is 21.4. The second-order valence-corrected chi connectivity index (χ2v) is 8.78. The molecule has 2 aromatic rings. The first-order valence-corrected chi connectivity index (χ1v) is 11.1. The van der Waals surface area contributed by atoms with Crippen LogP contribution in [-0.4, -0.2) is 65.3 Å². The Bertz CT molecular complexity index is 1040. The highest BCUT2D eigenvalue weighted by Crippen LogP contribution is 2.44. The molecule has 31 heavy (non-hydrogen) atoms. The topological polar surface area (TPSA) is 98.8 Å². The largest absolute Gasteiger partial charge is 0.508 e. The van der Waals surface area contributed by atoms with E-state index in [1.165, 1.54) is 0 Å². The van der Waals surface area contributed by atoms with Gasteiger partial charge in [-0.3, -0.25) is 14.6 Å². The number of amides is 1. The Morgan fingerprint density at radius 3 is 2.61 bits per heavy atom. The first-order chi connectivity index (χ1) is 15.1. The molecule has 0 atom stereocenters. The van der Waals surface area contributed by atoms with E-state index >= 15 is 0 Å². The lowest BCUT2D eigenvalue weighted by atomic mass is 9.76. The summed E-state index contributed by atoms with van der Waals surface area (Å²) in [6.45, 7) is 4.02. The maximum atomic E-state index is 12.8. The second-order valence-electron chi connectivity index (χ2n) is 8.78. The van der Waals surface area contributed by atoms with Crippen LogP contribution < -0.4 is 10.5 Å². The minimum atomic E-state index is -0.129. The number of fused-ring (bicyclic) bond motifs is 2. The predicted octanol–water partition coefficient (Wildman–Crippen LogP) is 1.36. The number of aromatic amines is 1. The summed E-state index contributed by atoms with van der Waals surface area (Å²) >= 11 is 0. The number of morpholine rings is 1. The second kappa shape index (κ2) is 8.00. The number of phenolic OH excluding ortho intramolecular Hbond substituents is 1. The van der Waals surface area contributed by atoms with Crippen LogP contribution in [0.2, 0.25) is 0 Å². The van der Waals surface area contributed by atoms with Crippen molar-refractivity contribution in [1.82, 2.24) is 14.9 Å². The Kier molecular flexibility index (Phi) is 5.17. The number of benzene rings is 1. The maximum Gasteiger partial charge on any atom is 0.255 e. The zero-order valence-electron chi connectivity index (χ0n) is 17.6.